The third-order valence-electron chi connectivity index (χ3n) is 5.61. The molecule has 1 aromatic carbocycles. The maximum Gasteiger partial charge on any atom is 0.313 e. The number of aryl methyl sites for hydroxylation is 1. The van der Waals surface area contributed by atoms with E-state index in [1.165, 1.54) is 4.90 Å². The van der Waals surface area contributed by atoms with Crippen LogP contribution < -0.4 is 4.74 Å². The number of benzene rings is 1. The van der Waals surface area contributed by atoms with Crippen molar-refractivity contribution in [2.24, 2.45) is 11.8 Å². The van der Waals surface area contributed by atoms with Crippen LogP contribution in [-0.2, 0) is 14.4 Å². The van der Waals surface area contributed by atoms with Gasteiger partial charge < -0.3 is 4.74 Å². The first-order chi connectivity index (χ1) is 12.8. The molecule has 0 radical (unpaired) electrons. The van der Waals surface area contributed by atoms with E-state index in [-0.39, 0.29) is 42.5 Å². The molecule has 27 heavy (non-hydrogen) atoms. The second kappa shape index (κ2) is 8.01. The van der Waals surface area contributed by atoms with E-state index >= 15 is 0 Å². The van der Waals surface area contributed by atoms with E-state index in [1.54, 1.807) is 6.07 Å². The molecule has 0 unspecified atom stereocenters. The Morgan fingerprint density at radius 3 is 2.33 bits per heavy atom. The molecule has 1 heterocycles. The van der Waals surface area contributed by atoms with E-state index < -0.39 is 5.97 Å². The molecule has 0 bridgehead atoms. The predicted octanol–water partition coefficient (Wildman–Crippen LogP) is 4.24. The summed E-state index contributed by atoms with van der Waals surface area (Å²) in [6.07, 6.45) is 3.53. The third-order valence-corrected chi connectivity index (χ3v) is 6.02. The van der Waals surface area contributed by atoms with Gasteiger partial charge in [0.15, 0.2) is 0 Å². The molecular weight excluding hydrogens is 366 g/mol. The number of fused-ring (bicyclic) bond motifs is 1. The Kier molecular flexibility index (Phi) is 5.89. The van der Waals surface area contributed by atoms with Gasteiger partial charge in [-0.3, -0.25) is 19.3 Å². The smallest absolute Gasteiger partial charge is 0.313 e. The van der Waals surface area contributed by atoms with Crippen LogP contribution in [0.5, 0.6) is 5.75 Å². The minimum atomic E-state index is -0.450. The molecule has 1 aliphatic heterocycles. The lowest BCUT2D eigenvalue weighted by Crippen LogP contribution is -2.33. The maximum absolute atomic E-state index is 12.5. The Hall–Kier alpha value is -1.88. The fourth-order valence-electron chi connectivity index (χ4n) is 4.04. The van der Waals surface area contributed by atoms with Gasteiger partial charge in [0.25, 0.3) is 0 Å². The summed E-state index contributed by atoms with van der Waals surface area (Å²) in [4.78, 5) is 38.6. The molecule has 1 aliphatic carbocycles. The maximum atomic E-state index is 12.5. The second-order valence-corrected chi connectivity index (χ2v) is 8.25. The number of nitrogens with zero attached hydrogens (tertiary/aromatic N) is 1. The Morgan fingerprint density at radius 2 is 1.78 bits per heavy atom. The zero-order valence-corrected chi connectivity index (χ0v) is 16.8. The van der Waals surface area contributed by atoms with Crippen molar-refractivity contribution in [3.05, 3.63) is 28.3 Å². The van der Waals surface area contributed by atoms with Crippen LogP contribution in [0.15, 0.2) is 12.1 Å². The highest BCUT2D eigenvalue weighted by atomic mass is 35.5. The van der Waals surface area contributed by atoms with Crippen molar-refractivity contribution in [3.63, 3.8) is 0 Å². The molecule has 146 valence electrons. The lowest BCUT2D eigenvalue weighted by Gasteiger charge is -2.19. The topological polar surface area (TPSA) is 63.7 Å². The van der Waals surface area contributed by atoms with E-state index in [2.05, 4.69) is 0 Å². The minimum absolute atomic E-state index is 0.00384. The highest BCUT2D eigenvalue weighted by molar-refractivity contribution is 6.31. The Labute approximate surface area is 165 Å². The molecular formula is C21H26ClNO4. The summed E-state index contributed by atoms with van der Waals surface area (Å²) in [5.74, 6) is -0.428. The number of carbonyl (C=O) groups excluding carboxylic acids is 3. The molecule has 2 amide bonds. The van der Waals surface area contributed by atoms with Gasteiger partial charge in [-0.05, 0) is 48.9 Å². The van der Waals surface area contributed by atoms with Gasteiger partial charge in [0.2, 0.25) is 11.8 Å². The largest absolute Gasteiger partial charge is 0.426 e. The lowest BCUT2D eigenvalue weighted by molar-refractivity contribution is -0.141. The third kappa shape index (κ3) is 4.03. The molecule has 1 saturated heterocycles. The number of amides is 2. The first kappa shape index (κ1) is 19.9. The van der Waals surface area contributed by atoms with Gasteiger partial charge in [0.05, 0.1) is 18.3 Å². The van der Waals surface area contributed by atoms with E-state index in [4.69, 9.17) is 16.3 Å². The average molecular weight is 392 g/mol. The van der Waals surface area contributed by atoms with Crippen molar-refractivity contribution < 1.29 is 19.1 Å². The summed E-state index contributed by atoms with van der Waals surface area (Å²) in [5.41, 5.74) is 1.69. The fraction of sp³-hybridized carbons (Fsp3) is 0.571. The summed E-state index contributed by atoms with van der Waals surface area (Å²) in [6.45, 7) is 5.95. The Balaban J connectivity index is 1.64. The van der Waals surface area contributed by atoms with Crippen LogP contribution in [0, 0.1) is 18.8 Å². The number of esters is 1. The van der Waals surface area contributed by atoms with Crippen LogP contribution in [0.3, 0.4) is 0 Å². The molecule has 0 aromatic heterocycles. The normalized spacial score (nSPS) is 22.3. The Bertz CT molecular complexity index is 750. The summed E-state index contributed by atoms with van der Waals surface area (Å²) in [6, 6.07) is 3.58. The van der Waals surface area contributed by atoms with Crippen LogP contribution in [0.4, 0.5) is 0 Å². The van der Waals surface area contributed by atoms with Crippen molar-refractivity contribution in [3.8, 4) is 5.75 Å². The molecule has 5 nitrogen and oxygen atoms in total. The minimum Gasteiger partial charge on any atom is -0.426 e. The first-order valence-electron chi connectivity index (χ1n) is 9.65. The van der Waals surface area contributed by atoms with Gasteiger partial charge in [0, 0.05) is 11.6 Å². The molecule has 2 aliphatic rings. The average Bonchev–Trinajstić information content (AvgIpc) is 2.87. The monoisotopic (exact) mass is 391 g/mol. The number of carbonyl (C=O) groups is 3. The standard InChI is InChI=1S/C21H26ClNO4/c1-12(2)16-11-17(22)13(3)10-18(16)27-19(24)8-9-23-20(25)14-6-4-5-7-15(14)21(23)26/h10-12,14-15H,4-9H2,1-3H3/t14-,15-/m1/s1. The van der Waals surface area contributed by atoms with Crippen molar-refractivity contribution in [2.45, 2.75) is 58.8 Å². The molecule has 2 atom stereocenters. The van der Waals surface area contributed by atoms with Crippen molar-refractivity contribution >= 4 is 29.4 Å². The van der Waals surface area contributed by atoms with Gasteiger partial charge >= 0.3 is 5.97 Å². The summed E-state index contributed by atoms with van der Waals surface area (Å²) >= 11 is 6.18. The number of hydrogen-bond donors (Lipinski definition) is 0. The molecule has 1 saturated carbocycles. The number of halogens is 1. The molecule has 1 aromatic rings. The zero-order valence-electron chi connectivity index (χ0n) is 16.1. The number of rotatable bonds is 5. The van der Waals surface area contributed by atoms with Crippen LogP contribution in [0.1, 0.15) is 63.0 Å². The van der Waals surface area contributed by atoms with Gasteiger partial charge in [0.1, 0.15) is 5.75 Å². The van der Waals surface area contributed by atoms with E-state index in [9.17, 15) is 14.4 Å². The highest BCUT2D eigenvalue weighted by Gasteiger charge is 2.47. The van der Waals surface area contributed by atoms with Crippen molar-refractivity contribution in [1.29, 1.82) is 0 Å². The van der Waals surface area contributed by atoms with Crippen LogP contribution in [-0.4, -0.2) is 29.2 Å². The first-order valence-corrected chi connectivity index (χ1v) is 10.0. The lowest BCUT2D eigenvalue weighted by atomic mass is 9.81. The van der Waals surface area contributed by atoms with Crippen molar-refractivity contribution in [2.75, 3.05) is 6.54 Å². The number of likely N-dealkylation sites (tertiary alicyclic amines) is 1. The fourth-order valence-corrected chi connectivity index (χ4v) is 4.21. The van der Waals surface area contributed by atoms with Crippen LogP contribution in [0.25, 0.3) is 0 Å². The quantitative estimate of drug-likeness (QED) is 0.427. The van der Waals surface area contributed by atoms with Gasteiger partial charge in [-0.2, -0.15) is 0 Å². The van der Waals surface area contributed by atoms with E-state index in [0.29, 0.717) is 10.8 Å². The Morgan fingerprint density at radius 1 is 1.19 bits per heavy atom. The highest BCUT2D eigenvalue weighted by Crippen LogP contribution is 2.38. The van der Waals surface area contributed by atoms with Gasteiger partial charge in [-0.1, -0.05) is 38.3 Å². The predicted molar refractivity (Wildman–Crippen MR) is 103 cm³/mol. The van der Waals surface area contributed by atoms with Crippen LogP contribution in [0.2, 0.25) is 5.02 Å². The SMILES string of the molecule is Cc1cc(OC(=O)CCN2C(=O)[C@@H]3CCCC[C@H]3C2=O)c(C(C)C)cc1Cl. The molecule has 2 fully saturated rings. The number of ether oxygens (including phenoxy) is 1. The summed E-state index contributed by atoms with van der Waals surface area (Å²) in [7, 11) is 0. The number of hydrogen-bond acceptors (Lipinski definition) is 4. The van der Waals surface area contributed by atoms with Crippen LogP contribution >= 0.6 is 11.6 Å². The molecule has 0 spiro atoms. The second-order valence-electron chi connectivity index (χ2n) is 7.84. The van der Waals surface area contributed by atoms with E-state index in [1.807, 2.05) is 26.8 Å². The summed E-state index contributed by atoms with van der Waals surface area (Å²) < 4.78 is 5.54. The van der Waals surface area contributed by atoms with Crippen molar-refractivity contribution in [1.82, 2.24) is 4.90 Å². The van der Waals surface area contributed by atoms with Gasteiger partial charge in [-0.25, -0.2) is 0 Å². The zero-order chi connectivity index (χ0) is 19.7. The summed E-state index contributed by atoms with van der Waals surface area (Å²) in [5, 5.41) is 0.634. The van der Waals surface area contributed by atoms with Gasteiger partial charge in [-0.15, -0.1) is 0 Å². The molecule has 6 heteroatoms. The molecule has 3 rings (SSSR count). The molecule has 0 N–H and O–H groups in total. The van der Waals surface area contributed by atoms with E-state index in [0.717, 1.165) is 36.8 Å². The number of imide groups is 1.